The highest BCUT2D eigenvalue weighted by Crippen LogP contribution is 2.34. The topological polar surface area (TPSA) is 154 Å². The molecule has 4 amide bonds. The molecule has 0 atom stereocenters. The molecule has 1 aromatic heterocycles. The van der Waals surface area contributed by atoms with Crippen LogP contribution in [0.5, 0.6) is 0 Å². The molecule has 0 bridgehead atoms. The van der Waals surface area contributed by atoms with Gasteiger partial charge in [0.25, 0.3) is 5.91 Å². The zero-order valence-corrected chi connectivity index (χ0v) is 16.6. The van der Waals surface area contributed by atoms with E-state index in [2.05, 4.69) is 10.6 Å². The number of hydrogen-bond donors (Lipinski definition) is 4. The SMILES string of the molecule is CCCCOC(=O)C1CCC(C(=O)Nc2cc(C(N)=O)c(NC(N)=O)s2)CC1. The first-order valence-corrected chi connectivity index (χ1v) is 10.1. The van der Waals surface area contributed by atoms with E-state index >= 15 is 0 Å². The molecule has 1 aliphatic rings. The van der Waals surface area contributed by atoms with Crippen LogP contribution in [0.2, 0.25) is 0 Å². The third kappa shape index (κ3) is 5.95. The summed E-state index contributed by atoms with van der Waals surface area (Å²) in [5.41, 5.74) is 10.4. The number of primary amides is 2. The molecule has 2 rings (SSSR count). The number of nitrogens with one attached hydrogen (secondary N) is 2. The summed E-state index contributed by atoms with van der Waals surface area (Å²) in [7, 11) is 0. The molecular weight excluding hydrogens is 384 g/mol. The van der Waals surface area contributed by atoms with Gasteiger partial charge in [-0.15, -0.1) is 0 Å². The van der Waals surface area contributed by atoms with Crippen LogP contribution in [0, 0.1) is 11.8 Å². The number of amides is 4. The van der Waals surface area contributed by atoms with Crippen LogP contribution in [0.1, 0.15) is 55.8 Å². The van der Waals surface area contributed by atoms with Crippen LogP contribution in [0.3, 0.4) is 0 Å². The van der Waals surface area contributed by atoms with E-state index in [4.69, 9.17) is 16.2 Å². The number of hydrogen-bond acceptors (Lipinski definition) is 6. The van der Waals surface area contributed by atoms with Crippen molar-refractivity contribution in [3.63, 3.8) is 0 Å². The molecule has 1 aliphatic carbocycles. The van der Waals surface area contributed by atoms with Crippen molar-refractivity contribution in [1.82, 2.24) is 0 Å². The van der Waals surface area contributed by atoms with Crippen molar-refractivity contribution in [3.8, 4) is 0 Å². The summed E-state index contributed by atoms with van der Waals surface area (Å²) in [6.07, 6.45) is 4.20. The Labute approximate surface area is 167 Å². The Morgan fingerprint density at radius 1 is 1.11 bits per heavy atom. The Morgan fingerprint density at radius 2 is 1.75 bits per heavy atom. The number of nitrogens with two attached hydrogens (primary N) is 2. The molecule has 1 saturated carbocycles. The van der Waals surface area contributed by atoms with Gasteiger partial charge in [0.15, 0.2) is 0 Å². The van der Waals surface area contributed by atoms with Crippen molar-refractivity contribution in [2.75, 3.05) is 17.2 Å². The van der Waals surface area contributed by atoms with Crippen molar-refractivity contribution in [3.05, 3.63) is 11.6 Å². The molecule has 0 saturated heterocycles. The minimum absolute atomic E-state index is 0.0811. The summed E-state index contributed by atoms with van der Waals surface area (Å²) < 4.78 is 5.26. The van der Waals surface area contributed by atoms with Gasteiger partial charge in [-0.1, -0.05) is 24.7 Å². The van der Waals surface area contributed by atoms with Crippen LogP contribution in [-0.2, 0) is 14.3 Å². The summed E-state index contributed by atoms with van der Waals surface area (Å²) in [6, 6.07) is 0.582. The van der Waals surface area contributed by atoms with Gasteiger partial charge in [0.05, 0.1) is 23.1 Å². The number of thiophene rings is 1. The minimum Gasteiger partial charge on any atom is -0.465 e. The second-order valence-corrected chi connectivity index (χ2v) is 7.82. The highest BCUT2D eigenvalue weighted by atomic mass is 32.1. The number of carbonyl (C=O) groups is 4. The zero-order valence-electron chi connectivity index (χ0n) is 15.8. The second kappa shape index (κ2) is 10.1. The van der Waals surface area contributed by atoms with Gasteiger partial charge in [-0.3, -0.25) is 19.7 Å². The number of carbonyl (C=O) groups excluding carboxylic acids is 4. The van der Waals surface area contributed by atoms with E-state index in [1.54, 1.807) is 0 Å². The fourth-order valence-corrected chi connectivity index (χ4v) is 4.06. The molecule has 9 nitrogen and oxygen atoms in total. The molecule has 10 heteroatoms. The van der Waals surface area contributed by atoms with Gasteiger partial charge in [-0.05, 0) is 38.2 Å². The largest absolute Gasteiger partial charge is 0.465 e. The zero-order chi connectivity index (χ0) is 20.7. The average molecular weight is 410 g/mol. The monoisotopic (exact) mass is 410 g/mol. The number of anilines is 2. The molecule has 154 valence electrons. The number of unbranched alkanes of at least 4 members (excludes halogenated alkanes) is 1. The van der Waals surface area contributed by atoms with Crippen LogP contribution in [0.25, 0.3) is 0 Å². The predicted molar refractivity (Wildman–Crippen MR) is 106 cm³/mol. The van der Waals surface area contributed by atoms with E-state index < -0.39 is 11.9 Å². The van der Waals surface area contributed by atoms with Crippen molar-refractivity contribution in [2.24, 2.45) is 23.3 Å². The lowest BCUT2D eigenvalue weighted by Gasteiger charge is -2.26. The number of ether oxygens (including phenoxy) is 1. The van der Waals surface area contributed by atoms with Crippen LogP contribution < -0.4 is 22.1 Å². The fraction of sp³-hybridized carbons (Fsp3) is 0.556. The van der Waals surface area contributed by atoms with E-state index in [1.807, 2.05) is 6.92 Å². The maximum absolute atomic E-state index is 12.5. The van der Waals surface area contributed by atoms with E-state index in [0.29, 0.717) is 37.3 Å². The molecule has 0 aliphatic heterocycles. The standard InChI is InChI=1S/C18H26N4O5S/c1-2-3-8-27-17(25)11-6-4-10(5-7-11)15(24)21-13-9-12(14(19)23)16(28-13)22-18(20)26/h9-11H,2-8H2,1H3,(H2,19,23)(H,21,24)(H3,20,22,26). The van der Waals surface area contributed by atoms with Crippen LogP contribution in [0.15, 0.2) is 6.07 Å². The van der Waals surface area contributed by atoms with E-state index in [0.717, 1.165) is 24.2 Å². The highest BCUT2D eigenvalue weighted by Gasteiger charge is 2.31. The normalized spacial score (nSPS) is 18.9. The molecule has 0 unspecified atom stereocenters. The molecule has 0 radical (unpaired) electrons. The van der Waals surface area contributed by atoms with Crippen LogP contribution in [0.4, 0.5) is 14.8 Å². The van der Waals surface area contributed by atoms with Gasteiger partial charge < -0.3 is 21.5 Å². The second-order valence-electron chi connectivity index (χ2n) is 6.77. The van der Waals surface area contributed by atoms with Crippen molar-refractivity contribution < 1.29 is 23.9 Å². The molecule has 0 spiro atoms. The Kier molecular flexibility index (Phi) is 7.80. The van der Waals surface area contributed by atoms with E-state index in [9.17, 15) is 19.2 Å². The van der Waals surface area contributed by atoms with Crippen molar-refractivity contribution >= 4 is 45.2 Å². The summed E-state index contributed by atoms with van der Waals surface area (Å²) in [4.78, 5) is 47.1. The van der Waals surface area contributed by atoms with Gasteiger partial charge in [0.1, 0.15) is 5.00 Å². The average Bonchev–Trinajstić information content (AvgIpc) is 3.03. The summed E-state index contributed by atoms with van der Waals surface area (Å²) in [5, 5.41) is 5.65. The van der Waals surface area contributed by atoms with Crippen molar-refractivity contribution in [2.45, 2.75) is 45.4 Å². The number of urea groups is 1. The fourth-order valence-electron chi connectivity index (χ4n) is 3.09. The Bertz CT molecular complexity index is 740. The Morgan fingerprint density at radius 3 is 2.32 bits per heavy atom. The Balaban J connectivity index is 1.90. The minimum atomic E-state index is -0.827. The summed E-state index contributed by atoms with van der Waals surface area (Å²) in [6.45, 7) is 2.47. The molecule has 1 aromatic rings. The van der Waals surface area contributed by atoms with Gasteiger partial charge >= 0.3 is 12.0 Å². The summed E-state index contributed by atoms with van der Waals surface area (Å²) >= 11 is 1.01. The Hall–Kier alpha value is -2.62. The maximum Gasteiger partial charge on any atom is 0.317 e. The highest BCUT2D eigenvalue weighted by molar-refractivity contribution is 7.20. The first kappa shape index (κ1) is 21.7. The molecular formula is C18H26N4O5S. The molecule has 28 heavy (non-hydrogen) atoms. The van der Waals surface area contributed by atoms with E-state index in [-0.39, 0.29) is 34.3 Å². The third-order valence-electron chi connectivity index (χ3n) is 4.65. The molecule has 1 fully saturated rings. The van der Waals surface area contributed by atoms with Crippen molar-refractivity contribution in [1.29, 1.82) is 0 Å². The van der Waals surface area contributed by atoms with Gasteiger partial charge in [0, 0.05) is 5.92 Å². The first-order valence-electron chi connectivity index (χ1n) is 9.29. The smallest absolute Gasteiger partial charge is 0.317 e. The molecule has 1 heterocycles. The van der Waals surface area contributed by atoms with Gasteiger partial charge in [-0.2, -0.15) is 0 Å². The molecule has 6 N–H and O–H groups in total. The summed E-state index contributed by atoms with van der Waals surface area (Å²) in [5.74, 6) is -1.50. The number of rotatable bonds is 8. The third-order valence-corrected chi connectivity index (χ3v) is 5.62. The van der Waals surface area contributed by atoms with E-state index in [1.165, 1.54) is 6.07 Å². The van der Waals surface area contributed by atoms with Gasteiger partial charge in [0.2, 0.25) is 5.91 Å². The van der Waals surface area contributed by atoms with Crippen LogP contribution in [-0.4, -0.2) is 30.4 Å². The predicted octanol–water partition coefficient (Wildman–Crippen LogP) is 2.43. The first-order chi connectivity index (χ1) is 13.3. The molecule has 0 aromatic carbocycles. The van der Waals surface area contributed by atoms with Gasteiger partial charge in [-0.25, -0.2) is 4.79 Å². The lowest BCUT2D eigenvalue weighted by Crippen LogP contribution is -2.30. The lowest BCUT2D eigenvalue weighted by atomic mass is 9.81. The number of esters is 1. The lowest BCUT2D eigenvalue weighted by molar-refractivity contribution is -0.150. The van der Waals surface area contributed by atoms with Crippen LogP contribution >= 0.6 is 11.3 Å². The quantitative estimate of drug-likeness (QED) is 0.383. The maximum atomic E-state index is 12.5.